The molecule has 2 aromatic rings. The Kier molecular flexibility index (Phi) is 5.79. The zero-order chi connectivity index (χ0) is 19.4. The Hall–Kier alpha value is -2.42. The molecule has 1 heterocycles. The zero-order valence-electron chi connectivity index (χ0n) is 15.2. The second kappa shape index (κ2) is 8.08. The molecule has 3 rings (SSSR count). The summed E-state index contributed by atoms with van der Waals surface area (Å²) in [6.07, 6.45) is -0.162. The molecule has 0 saturated carbocycles. The molecular weight excluding hydrogens is 368 g/mol. The van der Waals surface area contributed by atoms with Crippen LogP contribution >= 0.6 is 0 Å². The van der Waals surface area contributed by atoms with Crippen LogP contribution in [0.4, 0.5) is 5.69 Å². The average molecular weight is 390 g/mol. The number of para-hydroxylation sites is 2. The molecule has 7 nitrogen and oxygen atoms in total. The third-order valence-electron chi connectivity index (χ3n) is 4.29. The third-order valence-corrected chi connectivity index (χ3v) is 6.15. The Morgan fingerprint density at radius 3 is 2.74 bits per heavy atom. The number of carbonyl (C=O) groups excluding carboxylic acids is 1. The van der Waals surface area contributed by atoms with E-state index in [0.717, 1.165) is 0 Å². The molecular formula is C19H22N2O5S. The highest BCUT2D eigenvalue weighted by molar-refractivity contribution is 7.89. The molecule has 1 unspecified atom stereocenters. The van der Waals surface area contributed by atoms with Crippen LogP contribution in [0.25, 0.3) is 0 Å². The lowest BCUT2D eigenvalue weighted by Crippen LogP contribution is -2.44. The maximum absolute atomic E-state index is 12.9. The van der Waals surface area contributed by atoms with E-state index in [4.69, 9.17) is 9.47 Å². The minimum absolute atomic E-state index is 0.0873. The molecule has 1 fully saturated rings. The molecule has 8 heteroatoms. The van der Waals surface area contributed by atoms with Gasteiger partial charge in [0, 0.05) is 18.7 Å². The summed E-state index contributed by atoms with van der Waals surface area (Å²) < 4.78 is 37.8. The Morgan fingerprint density at radius 2 is 2.00 bits per heavy atom. The summed E-state index contributed by atoms with van der Waals surface area (Å²) >= 11 is 0. The first-order valence-corrected chi connectivity index (χ1v) is 10.0. The van der Waals surface area contributed by atoms with Crippen LogP contribution in [0.15, 0.2) is 53.4 Å². The molecule has 0 spiro atoms. The summed E-state index contributed by atoms with van der Waals surface area (Å²) in [6, 6.07) is 13.0. The second-order valence-electron chi connectivity index (χ2n) is 6.23. The van der Waals surface area contributed by atoms with Crippen molar-refractivity contribution in [2.45, 2.75) is 17.9 Å². The molecule has 0 aromatic heterocycles. The first-order chi connectivity index (χ1) is 12.9. The van der Waals surface area contributed by atoms with Gasteiger partial charge in [-0.1, -0.05) is 18.2 Å². The third kappa shape index (κ3) is 4.29. The van der Waals surface area contributed by atoms with Crippen LogP contribution in [-0.2, 0) is 14.8 Å². The van der Waals surface area contributed by atoms with Gasteiger partial charge in [0.25, 0.3) is 5.91 Å². The predicted octanol–water partition coefficient (Wildman–Crippen LogP) is 2.36. The van der Waals surface area contributed by atoms with E-state index in [1.165, 1.54) is 23.5 Å². The molecule has 1 aliphatic heterocycles. The first kappa shape index (κ1) is 19.3. The van der Waals surface area contributed by atoms with Crippen molar-refractivity contribution in [3.8, 4) is 5.75 Å². The fourth-order valence-electron chi connectivity index (χ4n) is 2.89. The number of anilines is 1. The van der Waals surface area contributed by atoms with E-state index in [1.54, 1.807) is 36.4 Å². The van der Waals surface area contributed by atoms with Gasteiger partial charge in [-0.15, -0.1) is 0 Å². The minimum atomic E-state index is -3.69. The number of ether oxygens (including phenoxy) is 2. The molecule has 0 aliphatic carbocycles. The van der Waals surface area contributed by atoms with Crippen LogP contribution in [0.2, 0.25) is 0 Å². The van der Waals surface area contributed by atoms with Gasteiger partial charge in [-0.25, -0.2) is 8.42 Å². The first-order valence-electron chi connectivity index (χ1n) is 8.58. The number of sulfonamides is 1. The van der Waals surface area contributed by atoms with Crippen LogP contribution in [0.5, 0.6) is 5.75 Å². The molecule has 2 aromatic carbocycles. The molecule has 0 radical (unpaired) electrons. The van der Waals surface area contributed by atoms with Gasteiger partial charge < -0.3 is 14.8 Å². The van der Waals surface area contributed by atoms with Gasteiger partial charge >= 0.3 is 0 Å². The van der Waals surface area contributed by atoms with Gasteiger partial charge in [0.05, 0.1) is 30.4 Å². The van der Waals surface area contributed by atoms with Crippen molar-refractivity contribution in [3.05, 3.63) is 54.1 Å². The summed E-state index contributed by atoms with van der Waals surface area (Å²) in [7, 11) is -2.17. The summed E-state index contributed by atoms with van der Waals surface area (Å²) in [5.41, 5.74) is 0.767. The predicted molar refractivity (Wildman–Crippen MR) is 102 cm³/mol. The monoisotopic (exact) mass is 390 g/mol. The van der Waals surface area contributed by atoms with Crippen molar-refractivity contribution >= 4 is 21.6 Å². The van der Waals surface area contributed by atoms with Gasteiger partial charge in [-0.05, 0) is 37.3 Å². The largest absolute Gasteiger partial charge is 0.495 e. The van der Waals surface area contributed by atoms with Gasteiger partial charge in [0.15, 0.2) is 0 Å². The normalized spacial score (nSPS) is 18.1. The highest BCUT2D eigenvalue weighted by atomic mass is 32.2. The maximum atomic E-state index is 12.9. The number of morpholine rings is 1. The van der Waals surface area contributed by atoms with Crippen molar-refractivity contribution in [3.63, 3.8) is 0 Å². The number of rotatable bonds is 5. The molecule has 27 heavy (non-hydrogen) atoms. The topological polar surface area (TPSA) is 84.9 Å². The molecule has 144 valence electrons. The number of hydrogen-bond acceptors (Lipinski definition) is 5. The van der Waals surface area contributed by atoms with Crippen molar-refractivity contribution in [2.75, 3.05) is 32.1 Å². The number of benzene rings is 2. The van der Waals surface area contributed by atoms with Crippen molar-refractivity contribution in [1.29, 1.82) is 0 Å². The Labute approximate surface area is 158 Å². The van der Waals surface area contributed by atoms with Crippen molar-refractivity contribution in [1.82, 2.24) is 4.31 Å². The van der Waals surface area contributed by atoms with Crippen molar-refractivity contribution in [2.24, 2.45) is 0 Å². The number of nitrogens with zero attached hydrogens (tertiary/aromatic N) is 1. The highest BCUT2D eigenvalue weighted by Gasteiger charge is 2.29. The number of amides is 1. The lowest BCUT2D eigenvalue weighted by Gasteiger charge is -2.30. The van der Waals surface area contributed by atoms with E-state index in [-0.39, 0.29) is 16.6 Å². The summed E-state index contributed by atoms with van der Waals surface area (Å²) in [5, 5.41) is 2.75. The van der Waals surface area contributed by atoms with Crippen LogP contribution in [-0.4, -0.2) is 51.5 Å². The smallest absolute Gasteiger partial charge is 0.255 e. The van der Waals surface area contributed by atoms with E-state index in [1.807, 2.05) is 6.92 Å². The van der Waals surface area contributed by atoms with Gasteiger partial charge in [-0.3, -0.25) is 4.79 Å². The minimum Gasteiger partial charge on any atom is -0.495 e. The molecule has 1 N–H and O–H groups in total. The zero-order valence-corrected chi connectivity index (χ0v) is 16.0. The summed E-state index contributed by atoms with van der Waals surface area (Å²) in [5.74, 6) is 0.115. The van der Waals surface area contributed by atoms with Gasteiger partial charge in [-0.2, -0.15) is 4.31 Å². The molecule has 1 amide bonds. The summed E-state index contributed by atoms with van der Waals surface area (Å²) in [6.45, 7) is 2.78. The number of methoxy groups -OCH3 is 1. The van der Waals surface area contributed by atoms with Crippen molar-refractivity contribution < 1.29 is 22.7 Å². The SMILES string of the molecule is COc1ccccc1NC(=O)c1cccc(S(=O)(=O)N2CCOC(C)C2)c1. The van der Waals surface area contributed by atoms with Crippen LogP contribution in [0, 0.1) is 0 Å². The van der Waals surface area contributed by atoms with Crippen LogP contribution < -0.4 is 10.1 Å². The number of nitrogens with one attached hydrogen (secondary N) is 1. The lowest BCUT2D eigenvalue weighted by molar-refractivity contribution is 0.0102. The van der Waals surface area contributed by atoms with E-state index in [9.17, 15) is 13.2 Å². The van der Waals surface area contributed by atoms with E-state index in [2.05, 4.69) is 5.32 Å². The van der Waals surface area contributed by atoms with Crippen LogP contribution in [0.1, 0.15) is 17.3 Å². The average Bonchev–Trinajstić information content (AvgIpc) is 2.68. The molecule has 1 atom stereocenters. The van der Waals surface area contributed by atoms with E-state index >= 15 is 0 Å². The maximum Gasteiger partial charge on any atom is 0.255 e. The number of carbonyl (C=O) groups is 1. The Balaban J connectivity index is 1.83. The highest BCUT2D eigenvalue weighted by Crippen LogP contribution is 2.25. The van der Waals surface area contributed by atoms with Crippen LogP contribution in [0.3, 0.4) is 0 Å². The number of hydrogen-bond donors (Lipinski definition) is 1. The second-order valence-corrected chi connectivity index (χ2v) is 8.16. The van der Waals surface area contributed by atoms with Gasteiger partial charge in [0.2, 0.25) is 10.0 Å². The quantitative estimate of drug-likeness (QED) is 0.847. The lowest BCUT2D eigenvalue weighted by atomic mass is 10.2. The standard InChI is InChI=1S/C19H22N2O5S/c1-14-13-21(10-11-26-14)27(23,24)16-7-5-6-15(12-16)19(22)20-17-8-3-4-9-18(17)25-2/h3-9,12,14H,10-11,13H2,1-2H3,(H,20,22). The van der Waals surface area contributed by atoms with E-state index < -0.39 is 15.9 Å². The molecule has 1 aliphatic rings. The van der Waals surface area contributed by atoms with Gasteiger partial charge in [0.1, 0.15) is 5.75 Å². The summed E-state index contributed by atoms with van der Waals surface area (Å²) in [4.78, 5) is 12.7. The van der Waals surface area contributed by atoms with E-state index in [0.29, 0.717) is 31.1 Å². The fourth-order valence-corrected chi connectivity index (χ4v) is 4.44. The fraction of sp³-hybridized carbons (Fsp3) is 0.316. The molecule has 1 saturated heterocycles. The Bertz CT molecular complexity index is 929. The molecule has 0 bridgehead atoms. The Morgan fingerprint density at radius 1 is 1.22 bits per heavy atom.